The van der Waals surface area contributed by atoms with E-state index in [-0.39, 0.29) is 59.5 Å². The molecule has 0 amide bonds. The number of ether oxygens (including phenoxy) is 2. The molecule has 10 atom stereocenters. The monoisotopic (exact) mass is 973 g/mol. The standard InChI is InChI=1S/C61H72N4O7/c62-57-42-17-16-41-48(67)19-18-45-58(65-34-44-43(32-63-47(44)35-65)56-55(41)54(42)46(33-64-57)60(22-6-7-23-60)61(56)24-8-9-25-61)72-53-29-38(49(68)31-52(53)71-27-26-59(45)20-4-5-21-59)12-14-39(66)30-51(70)40-15-13-37(28-50(40)69)36-10-2-1-3-11-36/h13,15-17,29,31-32,34-37,40,45-46,48,50-51,56-58,63-64,67-70H,1-12,14,20-25,28,30,33,62H2. The van der Waals surface area contributed by atoms with Gasteiger partial charge in [-0.2, -0.15) is 0 Å². The summed E-state index contributed by atoms with van der Waals surface area (Å²) in [5.41, 5.74) is 13.9. The molecular formula is C61H72N4O7. The van der Waals surface area contributed by atoms with Crippen LogP contribution in [-0.4, -0.2) is 54.5 Å². The molecule has 2 aromatic carbocycles. The number of carbonyl (C=O) groups excluding carboxylic acids is 1. The van der Waals surface area contributed by atoms with E-state index in [9.17, 15) is 25.2 Å². The maximum Gasteiger partial charge on any atom is 0.191 e. The third-order valence-corrected chi connectivity index (χ3v) is 20.5. The van der Waals surface area contributed by atoms with Gasteiger partial charge in [0.25, 0.3) is 0 Å². The largest absolute Gasteiger partial charge is 0.508 e. The summed E-state index contributed by atoms with van der Waals surface area (Å²) in [5.74, 6) is 11.4. The number of allylic oxidation sites excluding steroid dienone is 1. The molecular weight excluding hydrogens is 901 g/mol. The van der Waals surface area contributed by atoms with Crippen molar-refractivity contribution in [2.75, 3.05) is 6.54 Å². The molecule has 11 nitrogen and oxygen atoms in total. The molecule has 0 saturated heterocycles. The van der Waals surface area contributed by atoms with E-state index in [1.54, 1.807) is 6.07 Å². The van der Waals surface area contributed by atoms with Crippen LogP contribution in [0.3, 0.4) is 0 Å². The molecule has 2 bridgehead atoms. The van der Waals surface area contributed by atoms with Gasteiger partial charge in [0.15, 0.2) is 17.7 Å². The molecule has 11 heteroatoms. The van der Waals surface area contributed by atoms with Gasteiger partial charge in [0.1, 0.15) is 23.7 Å². The van der Waals surface area contributed by atoms with E-state index in [0.29, 0.717) is 35.5 Å². The van der Waals surface area contributed by atoms with Crippen molar-refractivity contribution >= 4 is 16.7 Å². The van der Waals surface area contributed by atoms with E-state index in [4.69, 9.17) is 15.2 Å². The number of rotatable bonds is 7. The molecule has 10 unspecified atom stereocenters. The van der Waals surface area contributed by atoms with Crippen LogP contribution in [0.15, 0.2) is 55.0 Å². The predicted octanol–water partition coefficient (Wildman–Crippen LogP) is 10.1. The number of nitrogens with zero attached hydrogens (tertiary/aromatic N) is 1. The number of nitrogens with one attached hydrogen (secondary N) is 2. The first-order valence-corrected chi connectivity index (χ1v) is 27.9. The highest BCUT2D eigenvalue weighted by Gasteiger charge is 2.66. The number of phenolic OH excluding ortho intramolecular Hbond substituents is 1. The number of phenols is 1. The summed E-state index contributed by atoms with van der Waals surface area (Å²) in [6.45, 7) is 0.842. The lowest BCUT2D eigenvalue weighted by molar-refractivity contribution is -0.122. The predicted molar refractivity (Wildman–Crippen MR) is 275 cm³/mol. The van der Waals surface area contributed by atoms with Crippen molar-refractivity contribution in [1.82, 2.24) is 14.9 Å². The number of aromatic nitrogens is 2. The van der Waals surface area contributed by atoms with Gasteiger partial charge >= 0.3 is 0 Å². The second kappa shape index (κ2) is 18.1. The van der Waals surface area contributed by atoms with Crippen molar-refractivity contribution in [1.29, 1.82) is 0 Å². The Bertz CT molecular complexity index is 2920. The molecule has 3 aliphatic heterocycles. The minimum atomic E-state index is -1.07. The number of aryl methyl sites for hydroxylation is 1. The fourth-order valence-electron chi connectivity index (χ4n) is 17.0. The molecule has 72 heavy (non-hydrogen) atoms. The normalized spacial score (nSPS) is 31.9. The number of benzene rings is 2. The molecule has 0 radical (unpaired) electrons. The smallest absolute Gasteiger partial charge is 0.191 e. The molecule has 4 saturated carbocycles. The molecule has 9 aliphatic rings. The Morgan fingerprint density at radius 2 is 1.61 bits per heavy atom. The van der Waals surface area contributed by atoms with Gasteiger partial charge in [-0.25, -0.2) is 0 Å². The molecule has 4 aromatic rings. The fourth-order valence-corrected chi connectivity index (χ4v) is 17.0. The summed E-state index contributed by atoms with van der Waals surface area (Å²) >= 11 is 0. The highest BCUT2D eigenvalue weighted by molar-refractivity contribution is 5.85. The number of Topliss-reactive ketones (excluding diaryl/α,β-unsaturated/α-hetero) is 1. The van der Waals surface area contributed by atoms with Crippen molar-refractivity contribution in [2.45, 2.75) is 177 Å². The minimum absolute atomic E-state index is 0.00699. The number of aromatic hydroxyl groups is 1. The number of aromatic amines is 1. The van der Waals surface area contributed by atoms with Crippen molar-refractivity contribution in [2.24, 2.45) is 45.7 Å². The van der Waals surface area contributed by atoms with Gasteiger partial charge in [0, 0.05) is 67.2 Å². The molecule has 6 aliphatic carbocycles. The van der Waals surface area contributed by atoms with Gasteiger partial charge in [0.05, 0.1) is 35.2 Å². The SMILES string of the molecule is NC1NCC2c3c1ccc1c3C(c3c[nH]c4cn(cc34)C3Oc4cc(CCC(=O)CC(O)C5C=CC(C6CCCCC6)CC5O)c(O)cc4OC#CC4(CCCC4)C3C#CC1O)C1(CCCC1)C21CCCC1. The number of aliphatic hydroxyl groups excluding tert-OH is 3. The van der Waals surface area contributed by atoms with Crippen LogP contribution in [0.5, 0.6) is 17.2 Å². The van der Waals surface area contributed by atoms with Crippen LogP contribution in [0.25, 0.3) is 10.9 Å². The highest BCUT2D eigenvalue weighted by Crippen LogP contribution is 2.75. The zero-order valence-corrected chi connectivity index (χ0v) is 41.6. The molecule has 13 rings (SSSR count). The molecule has 8 N–H and O–H groups in total. The van der Waals surface area contributed by atoms with E-state index in [1.807, 2.05) is 6.08 Å². The van der Waals surface area contributed by atoms with E-state index in [1.165, 1.54) is 93.4 Å². The Balaban J connectivity index is 0.867. The Labute approximate surface area is 423 Å². The average Bonchev–Trinajstić information content (AvgIpc) is 4.25. The van der Waals surface area contributed by atoms with Crippen LogP contribution < -0.4 is 20.5 Å². The second-order valence-corrected chi connectivity index (χ2v) is 23.9. The Kier molecular flexibility index (Phi) is 11.8. The number of aliphatic hydroxyl groups is 3. The third-order valence-electron chi connectivity index (χ3n) is 20.5. The van der Waals surface area contributed by atoms with Crippen LogP contribution >= 0.6 is 0 Å². The second-order valence-electron chi connectivity index (χ2n) is 23.9. The third kappa shape index (κ3) is 7.37. The number of carbonyl (C=O) groups is 1. The van der Waals surface area contributed by atoms with Gasteiger partial charge in [-0.3, -0.25) is 10.1 Å². The zero-order valence-electron chi connectivity index (χ0n) is 41.6. The Morgan fingerprint density at radius 3 is 2.39 bits per heavy atom. The lowest BCUT2D eigenvalue weighted by atomic mass is 9.43. The van der Waals surface area contributed by atoms with Crippen molar-refractivity contribution in [3.8, 4) is 41.1 Å². The maximum atomic E-state index is 13.6. The van der Waals surface area contributed by atoms with Crippen molar-refractivity contribution in [3.05, 3.63) is 88.4 Å². The van der Waals surface area contributed by atoms with Gasteiger partial charge < -0.3 is 45.2 Å². The average molecular weight is 973 g/mol. The summed E-state index contributed by atoms with van der Waals surface area (Å²) < 4.78 is 15.7. The molecule has 5 heterocycles. The van der Waals surface area contributed by atoms with Crippen molar-refractivity contribution in [3.63, 3.8) is 0 Å². The fraction of sp³-hybridized carbons (Fsp3) is 0.590. The molecule has 3 spiro atoms. The first-order valence-electron chi connectivity index (χ1n) is 27.9. The Hall–Kier alpha value is -5.01. The topological polar surface area (TPSA) is 175 Å². The number of ketones is 1. The lowest BCUT2D eigenvalue weighted by Crippen LogP contribution is -2.56. The summed E-state index contributed by atoms with van der Waals surface area (Å²) in [7, 11) is 0. The Morgan fingerprint density at radius 1 is 0.861 bits per heavy atom. The number of hydrogen-bond acceptors (Lipinski definition) is 9. The maximum absolute atomic E-state index is 13.6. The van der Waals surface area contributed by atoms with Gasteiger partial charge in [0.2, 0.25) is 0 Å². The molecule has 378 valence electrons. The van der Waals surface area contributed by atoms with Crippen LogP contribution in [0.1, 0.15) is 192 Å². The van der Waals surface area contributed by atoms with E-state index in [2.05, 4.69) is 75.5 Å². The van der Waals surface area contributed by atoms with Crippen LogP contribution in [-0.2, 0) is 11.2 Å². The van der Waals surface area contributed by atoms with Gasteiger partial charge in [-0.1, -0.05) is 99.8 Å². The highest BCUT2D eigenvalue weighted by atomic mass is 16.5. The summed E-state index contributed by atoms with van der Waals surface area (Å²) in [6.07, 6.45) is 30.0. The van der Waals surface area contributed by atoms with Gasteiger partial charge in [-0.05, 0) is 126 Å². The van der Waals surface area contributed by atoms with E-state index >= 15 is 0 Å². The zero-order chi connectivity index (χ0) is 48.9. The van der Waals surface area contributed by atoms with Crippen LogP contribution in [0.4, 0.5) is 0 Å². The lowest BCUT2D eigenvalue weighted by Gasteiger charge is -2.62. The first-order chi connectivity index (χ1) is 35.1. The van der Waals surface area contributed by atoms with Crippen LogP contribution in [0.2, 0.25) is 0 Å². The van der Waals surface area contributed by atoms with Crippen LogP contribution in [0, 0.1) is 63.8 Å². The van der Waals surface area contributed by atoms with E-state index in [0.717, 1.165) is 67.1 Å². The number of nitrogens with two attached hydrogens (primary N) is 1. The summed E-state index contributed by atoms with van der Waals surface area (Å²) in [6, 6.07) is 7.59. The number of fused-ring (bicyclic) bond motifs is 9. The summed E-state index contributed by atoms with van der Waals surface area (Å²) in [5, 5.41) is 51.6. The quantitative estimate of drug-likeness (QED) is 0.0702. The number of H-pyrrole nitrogens is 1. The minimum Gasteiger partial charge on any atom is -0.508 e. The van der Waals surface area contributed by atoms with Crippen molar-refractivity contribution < 1.29 is 34.7 Å². The summed E-state index contributed by atoms with van der Waals surface area (Å²) in [4.78, 5) is 17.4. The first kappa shape index (κ1) is 46.8. The van der Waals surface area contributed by atoms with E-state index < -0.39 is 41.8 Å². The number of hydrogen-bond donors (Lipinski definition) is 7. The molecule has 2 aromatic heterocycles. The molecule has 4 fully saturated rings. The van der Waals surface area contributed by atoms with Gasteiger partial charge in [-0.15, -0.1) is 0 Å².